The fourth-order valence-corrected chi connectivity index (χ4v) is 2.70. The number of nitro benzene ring substituents is 1. The predicted octanol–water partition coefficient (Wildman–Crippen LogP) is 3.23. The monoisotopic (exact) mass is 351 g/mol. The zero-order chi connectivity index (χ0) is 18.8. The number of aryl methyl sites for hydroxylation is 2. The van der Waals surface area contributed by atoms with Crippen LogP contribution in [0.2, 0.25) is 0 Å². The Labute approximate surface area is 149 Å². The van der Waals surface area contributed by atoms with Crippen molar-refractivity contribution in [2.24, 2.45) is 4.99 Å². The molecule has 0 unspecified atom stereocenters. The first-order valence-electron chi connectivity index (χ1n) is 7.92. The normalized spacial score (nSPS) is 11.6. The molecule has 0 saturated carbocycles. The molecule has 0 aliphatic rings. The van der Waals surface area contributed by atoms with Crippen LogP contribution in [0, 0.1) is 24.0 Å². The Morgan fingerprint density at radius 2 is 1.88 bits per heavy atom. The Hall–Kier alpha value is -3.55. The van der Waals surface area contributed by atoms with Gasteiger partial charge in [-0.25, -0.2) is 14.7 Å². The number of H-pyrrole nitrogens is 1. The van der Waals surface area contributed by atoms with E-state index in [1.807, 2.05) is 19.1 Å². The molecule has 2 aromatic heterocycles. The van der Waals surface area contributed by atoms with E-state index in [2.05, 4.69) is 15.1 Å². The van der Waals surface area contributed by atoms with Crippen LogP contribution in [0.5, 0.6) is 0 Å². The summed E-state index contributed by atoms with van der Waals surface area (Å²) in [5.41, 5.74) is 2.69. The maximum Gasteiger partial charge on any atom is 0.280 e. The molecule has 3 aromatic rings. The lowest BCUT2D eigenvalue weighted by atomic mass is 10.2. The summed E-state index contributed by atoms with van der Waals surface area (Å²) in [6.45, 7) is 5.40. The molecule has 0 saturated heterocycles. The van der Waals surface area contributed by atoms with Gasteiger partial charge in [-0.15, -0.1) is 0 Å². The van der Waals surface area contributed by atoms with Crippen LogP contribution < -0.4 is 5.56 Å². The zero-order valence-corrected chi connectivity index (χ0v) is 14.6. The predicted molar refractivity (Wildman–Crippen MR) is 98.6 cm³/mol. The molecule has 132 valence electrons. The molecule has 1 N–H and O–H groups in total. The number of non-ortho nitro benzene ring substituents is 1. The molecular formula is C18H17N5O3. The number of hydrogen-bond acceptors (Lipinski definition) is 5. The van der Waals surface area contributed by atoms with Gasteiger partial charge in [0.2, 0.25) is 0 Å². The zero-order valence-electron chi connectivity index (χ0n) is 14.6. The number of hydrogen-bond donors (Lipinski definition) is 1. The fraction of sp³-hybridized carbons (Fsp3) is 0.167. The van der Waals surface area contributed by atoms with Gasteiger partial charge in [0.05, 0.1) is 21.9 Å². The first-order valence-corrected chi connectivity index (χ1v) is 7.92. The molecule has 0 atom stereocenters. The van der Waals surface area contributed by atoms with Crippen molar-refractivity contribution in [3.05, 3.63) is 79.9 Å². The number of rotatable bonds is 4. The second-order valence-electron chi connectivity index (χ2n) is 5.86. The number of aromatic nitrogens is 3. The van der Waals surface area contributed by atoms with Crippen molar-refractivity contribution in [1.29, 1.82) is 0 Å². The van der Waals surface area contributed by atoms with Crippen molar-refractivity contribution in [2.45, 2.75) is 20.8 Å². The summed E-state index contributed by atoms with van der Waals surface area (Å²) < 4.78 is 1.34. The highest BCUT2D eigenvalue weighted by Gasteiger charge is 2.16. The SMILES string of the molecule is C/C(=N\c1cccc(C)n1)c1c(C)[nH]n(-c2ccc([N+](=O)[O-])cc2)c1=O. The second-order valence-corrected chi connectivity index (χ2v) is 5.86. The summed E-state index contributed by atoms with van der Waals surface area (Å²) in [7, 11) is 0. The molecule has 0 aliphatic heterocycles. The molecule has 26 heavy (non-hydrogen) atoms. The van der Waals surface area contributed by atoms with Crippen molar-refractivity contribution in [2.75, 3.05) is 0 Å². The molecular weight excluding hydrogens is 334 g/mol. The molecule has 0 spiro atoms. The lowest BCUT2D eigenvalue weighted by Gasteiger charge is -2.00. The lowest BCUT2D eigenvalue weighted by molar-refractivity contribution is -0.384. The van der Waals surface area contributed by atoms with Gasteiger partial charge in [-0.3, -0.25) is 20.0 Å². The highest BCUT2D eigenvalue weighted by Crippen LogP contribution is 2.16. The molecule has 8 heteroatoms. The molecule has 1 aromatic carbocycles. The van der Waals surface area contributed by atoms with Gasteiger partial charge in [-0.05, 0) is 45.0 Å². The minimum atomic E-state index is -0.483. The summed E-state index contributed by atoms with van der Waals surface area (Å²) in [5.74, 6) is 0.532. The first-order chi connectivity index (χ1) is 12.4. The minimum absolute atomic E-state index is 0.0337. The van der Waals surface area contributed by atoms with E-state index in [0.717, 1.165) is 5.69 Å². The van der Waals surface area contributed by atoms with E-state index in [1.165, 1.54) is 28.9 Å². The van der Waals surface area contributed by atoms with Gasteiger partial charge >= 0.3 is 0 Å². The van der Waals surface area contributed by atoms with E-state index in [4.69, 9.17) is 0 Å². The van der Waals surface area contributed by atoms with E-state index in [1.54, 1.807) is 19.9 Å². The third-order valence-electron chi connectivity index (χ3n) is 3.91. The van der Waals surface area contributed by atoms with Gasteiger partial charge in [0.25, 0.3) is 11.2 Å². The Morgan fingerprint density at radius 3 is 2.50 bits per heavy atom. The highest BCUT2D eigenvalue weighted by molar-refractivity contribution is 6.00. The van der Waals surface area contributed by atoms with E-state index < -0.39 is 4.92 Å². The highest BCUT2D eigenvalue weighted by atomic mass is 16.6. The van der Waals surface area contributed by atoms with Crippen LogP contribution in [0.1, 0.15) is 23.9 Å². The van der Waals surface area contributed by atoms with Crippen LogP contribution in [0.3, 0.4) is 0 Å². The smallest absolute Gasteiger partial charge is 0.280 e. The maximum absolute atomic E-state index is 12.8. The third-order valence-corrected chi connectivity index (χ3v) is 3.91. The molecule has 0 amide bonds. The van der Waals surface area contributed by atoms with Gasteiger partial charge in [0.15, 0.2) is 5.82 Å². The van der Waals surface area contributed by atoms with Gasteiger partial charge in [0, 0.05) is 23.5 Å². The maximum atomic E-state index is 12.8. The molecule has 2 heterocycles. The molecule has 0 radical (unpaired) electrons. The van der Waals surface area contributed by atoms with Gasteiger partial charge in [0.1, 0.15) is 0 Å². The molecule has 8 nitrogen and oxygen atoms in total. The quantitative estimate of drug-likeness (QED) is 0.442. The van der Waals surface area contributed by atoms with Crippen LogP contribution in [0.15, 0.2) is 52.3 Å². The van der Waals surface area contributed by atoms with Crippen molar-refractivity contribution in [3.63, 3.8) is 0 Å². The molecule has 0 aliphatic carbocycles. The van der Waals surface area contributed by atoms with Gasteiger partial charge in [-0.2, -0.15) is 0 Å². The summed E-state index contributed by atoms with van der Waals surface area (Å²) in [5, 5.41) is 13.8. The van der Waals surface area contributed by atoms with Crippen molar-refractivity contribution < 1.29 is 4.92 Å². The summed E-state index contributed by atoms with van der Waals surface area (Å²) in [4.78, 5) is 31.8. The van der Waals surface area contributed by atoms with Crippen LogP contribution >= 0.6 is 0 Å². The number of nitrogens with zero attached hydrogens (tertiary/aromatic N) is 4. The number of benzene rings is 1. The Balaban J connectivity index is 2.03. The number of aliphatic imine (C=N–C) groups is 1. The summed E-state index contributed by atoms with van der Waals surface area (Å²) >= 11 is 0. The third kappa shape index (κ3) is 3.30. The van der Waals surface area contributed by atoms with Crippen molar-refractivity contribution in [3.8, 4) is 5.69 Å². The number of pyridine rings is 1. The molecule has 0 fully saturated rings. The van der Waals surface area contributed by atoms with Crippen LogP contribution in [-0.4, -0.2) is 25.4 Å². The van der Waals surface area contributed by atoms with Crippen LogP contribution in [0.25, 0.3) is 5.69 Å². The average molecular weight is 351 g/mol. The number of aromatic amines is 1. The van der Waals surface area contributed by atoms with Crippen LogP contribution in [0.4, 0.5) is 11.5 Å². The van der Waals surface area contributed by atoms with E-state index in [0.29, 0.717) is 28.5 Å². The van der Waals surface area contributed by atoms with Gasteiger partial charge < -0.3 is 0 Å². The minimum Gasteiger partial charge on any atom is -0.295 e. The summed E-state index contributed by atoms with van der Waals surface area (Å²) in [6.07, 6.45) is 0. The first kappa shape index (κ1) is 17.3. The largest absolute Gasteiger partial charge is 0.295 e. The van der Waals surface area contributed by atoms with Crippen molar-refractivity contribution >= 4 is 17.2 Å². The summed E-state index contributed by atoms with van der Waals surface area (Å²) in [6, 6.07) is 11.3. The number of nitro groups is 1. The standard InChI is InChI=1S/C18H17N5O3/c1-11-5-4-6-16(19-11)20-12(2)17-13(3)21-22(18(17)24)14-7-9-15(10-8-14)23(25)26/h4-10,21H,1-3H3/b20-12+. The Morgan fingerprint density at radius 1 is 1.19 bits per heavy atom. The second kappa shape index (κ2) is 6.75. The Bertz CT molecular complexity index is 1060. The lowest BCUT2D eigenvalue weighted by Crippen LogP contribution is -2.19. The molecule has 3 rings (SSSR count). The number of nitrogens with one attached hydrogen (secondary N) is 1. The van der Waals surface area contributed by atoms with Crippen LogP contribution in [-0.2, 0) is 0 Å². The topological polar surface area (TPSA) is 106 Å². The average Bonchev–Trinajstić information content (AvgIpc) is 2.89. The van der Waals surface area contributed by atoms with E-state index in [9.17, 15) is 14.9 Å². The van der Waals surface area contributed by atoms with Crippen molar-refractivity contribution in [1.82, 2.24) is 14.8 Å². The molecule has 0 bridgehead atoms. The fourth-order valence-electron chi connectivity index (χ4n) is 2.70. The van der Waals surface area contributed by atoms with E-state index >= 15 is 0 Å². The van der Waals surface area contributed by atoms with E-state index in [-0.39, 0.29) is 11.2 Å². The van der Waals surface area contributed by atoms with Gasteiger partial charge in [-0.1, -0.05) is 6.07 Å². The Kier molecular flexibility index (Phi) is 4.49.